The van der Waals surface area contributed by atoms with E-state index in [0.717, 1.165) is 13.0 Å². The van der Waals surface area contributed by atoms with Gasteiger partial charge in [0.05, 0.1) is 13.2 Å². The number of benzene rings is 1. The molecule has 0 spiro atoms. The summed E-state index contributed by atoms with van der Waals surface area (Å²) >= 11 is 0. The molecule has 16 heavy (non-hydrogen) atoms. The summed E-state index contributed by atoms with van der Waals surface area (Å²) in [5, 5.41) is 0. The fourth-order valence-electron chi connectivity index (χ4n) is 2.15. The molecule has 88 valence electrons. The van der Waals surface area contributed by atoms with Crippen molar-refractivity contribution < 1.29 is 9.57 Å². The van der Waals surface area contributed by atoms with E-state index in [0.29, 0.717) is 12.0 Å². The first-order valence-electron chi connectivity index (χ1n) is 5.71. The molecule has 0 aliphatic heterocycles. The lowest BCUT2D eigenvalue weighted by molar-refractivity contribution is 0.141. The van der Waals surface area contributed by atoms with E-state index >= 15 is 0 Å². The van der Waals surface area contributed by atoms with Gasteiger partial charge in [-0.1, -0.05) is 24.3 Å². The SMILES string of the molecule is COCC1(c2ccc(CCON)cc2)CC1. The maximum Gasteiger partial charge on any atom is 0.0719 e. The molecule has 2 N–H and O–H groups in total. The lowest BCUT2D eigenvalue weighted by atomic mass is 9.95. The van der Waals surface area contributed by atoms with Crippen molar-refractivity contribution in [2.45, 2.75) is 24.7 Å². The zero-order chi connectivity index (χ0) is 11.4. The van der Waals surface area contributed by atoms with Gasteiger partial charge in [0.15, 0.2) is 0 Å². The Bertz CT molecular complexity index is 330. The lowest BCUT2D eigenvalue weighted by Crippen LogP contribution is -2.13. The van der Waals surface area contributed by atoms with E-state index in [-0.39, 0.29) is 0 Å². The minimum Gasteiger partial charge on any atom is -0.384 e. The fourth-order valence-corrected chi connectivity index (χ4v) is 2.15. The monoisotopic (exact) mass is 221 g/mol. The van der Waals surface area contributed by atoms with Crippen LogP contribution in [0, 0.1) is 0 Å². The third kappa shape index (κ3) is 2.43. The molecule has 0 atom stereocenters. The van der Waals surface area contributed by atoms with Gasteiger partial charge in [-0.2, -0.15) is 0 Å². The molecule has 3 heteroatoms. The van der Waals surface area contributed by atoms with Crippen LogP contribution in [0.2, 0.25) is 0 Å². The predicted octanol–water partition coefficient (Wildman–Crippen LogP) is 1.80. The van der Waals surface area contributed by atoms with E-state index in [9.17, 15) is 0 Å². The van der Waals surface area contributed by atoms with Crippen LogP contribution in [0.1, 0.15) is 24.0 Å². The summed E-state index contributed by atoms with van der Waals surface area (Å²) in [7, 11) is 1.77. The van der Waals surface area contributed by atoms with Gasteiger partial charge in [0, 0.05) is 12.5 Å². The minimum absolute atomic E-state index is 0.303. The van der Waals surface area contributed by atoms with E-state index < -0.39 is 0 Å². The van der Waals surface area contributed by atoms with Gasteiger partial charge in [-0.05, 0) is 30.4 Å². The van der Waals surface area contributed by atoms with Gasteiger partial charge in [0.2, 0.25) is 0 Å². The Morgan fingerprint density at radius 3 is 2.44 bits per heavy atom. The van der Waals surface area contributed by atoms with Crippen LogP contribution in [0.3, 0.4) is 0 Å². The van der Waals surface area contributed by atoms with Crippen LogP contribution in [0.5, 0.6) is 0 Å². The Morgan fingerprint density at radius 1 is 1.25 bits per heavy atom. The first-order valence-corrected chi connectivity index (χ1v) is 5.71. The van der Waals surface area contributed by atoms with Crippen LogP contribution in [0.25, 0.3) is 0 Å². The first-order chi connectivity index (χ1) is 7.80. The molecular formula is C13H19NO2. The summed E-state index contributed by atoms with van der Waals surface area (Å²) in [6.45, 7) is 1.40. The van der Waals surface area contributed by atoms with E-state index in [2.05, 4.69) is 29.1 Å². The van der Waals surface area contributed by atoms with Crippen molar-refractivity contribution in [1.82, 2.24) is 0 Å². The Morgan fingerprint density at radius 2 is 1.94 bits per heavy atom. The second-order valence-electron chi connectivity index (χ2n) is 4.53. The molecule has 2 rings (SSSR count). The molecule has 1 aliphatic carbocycles. The quantitative estimate of drug-likeness (QED) is 0.745. The van der Waals surface area contributed by atoms with Crippen molar-refractivity contribution in [3.8, 4) is 0 Å². The number of hydrogen-bond donors (Lipinski definition) is 1. The summed E-state index contributed by atoms with van der Waals surface area (Å²) in [6, 6.07) is 8.73. The maximum absolute atomic E-state index is 5.28. The molecule has 1 aromatic carbocycles. The zero-order valence-electron chi connectivity index (χ0n) is 9.74. The van der Waals surface area contributed by atoms with Gasteiger partial charge in [0.1, 0.15) is 0 Å². The van der Waals surface area contributed by atoms with E-state index in [1.165, 1.54) is 24.0 Å². The fraction of sp³-hybridized carbons (Fsp3) is 0.538. The number of methoxy groups -OCH3 is 1. The standard InChI is InChI=1S/C13H19NO2/c1-15-10-13(7-8-13)12-4-2-11(3-5-12)6-9-16-14/h2-5H,6-10,14H2,1H3. The summed E-state index contributed by atoms with van der Waals surface area (Å²) in [5.74, 6) is 5.01. The van der Waals surface area contributed by atoms with Gasteiger partial charge < -0.3 is 9.57 Å². The summed E-state index contributed by atoms with van der Waals surface area (Å²) in [6.07, 6.45) is 3.35. The second kappa shape index (κ2) is 4.95. The lowest BCUT2D eigenvalue weighted by Gasteiger charge is -2.14. The Labute approximate surface area is 96.5 Å². The van der Waals surface area contributed by atoms with Crippen molar-refractivity contribution in [1.29, 1.82) is 0 Å². The average Bonchev–Trinajstić information content (AvgIpc) is 3.09. The molecule has 0 heterocycles. The second-order valence-corrected chi connectivity index (χ2v) is 4.53. The normalized spacial score (nSPS) is 17.4. The first kappa shape index (κ1) is 11.6. The molecular weight excluding hydrogens is 202 g/mol. The average molecular weight is 221 g/mol. The van der Waals surface area contributed by atoms with Crippen LogP contribution in [-0.2, 0) is 21.4 Å². The Balaban J connectivity index is 2.02. The number of rotatable bonds is 6. The minimum atomic E-state index is 0.303. The smallest absolute Gasteiger partial charge is 0.0719 e. The van der Waals surface area contributed by atoms with E-state index in [4.69, 9.17) is 10.6 Å². The highest BCUT2D eigenvalue weighted by atomic mass is 16.6. The van der Waals surface area contributed by atoms with Crippen LogP contribution in [0.15, 0.2) is 24.3 Å². The van der Waals surface area contributed by atoms with E-state index in [1.54, 1.807) is 7.11 Å². The number of hydrogen-bond acceptors (Lipinski definition) is 3. The predicted molar refractivity (Wildman–Crippen MR) is 63.1 cm³/mol. The molecule has 0 aromatic heterocycles. The van der Waals surface area contributed by atoms with Crippen molar-refractivity contribution in [3.05, 3.63) is 35.4 Å². The molecule has 1 aliphatic rings. The van der Waals surface area contributed by atoms with E-state index in [1.807, 2.05) is 0 Å². The van der Waals surface area contributed by atoms with Crippen LogP contribution in [0.4, 0.5) is 0 Å². The third-order valence-corrected chi connectivity index (χ3v) is 3.35. The van der Waals surface area contributed by atoms with Crippen LogP contribution >= 0.6 is 0 Å². The van der Waals surface area contributed by atoms with Crippen molar-refractivity contribution in [2.75, 3.05) is 20.3 Å². The van der Waals surface area contributed by atoms with Crippen LogP contribution < -0.4 is 5.90 Å². The van der Waals surface area contributed by atoms with Gasteiger partial charge >= 0.3 is 0 Å². The Kier molecular flexibility index (Phi) is 3.59. The topological polar surface area (TPSA) is 44.5 Å². The molecule has 0 bridgehead atoms. The number of ether oxygens (including phenoxy) is 1. The molecule has 0 saturated heterocycles. The largest absolute Gasteiger partial charge is 0.384 e. The molecule has 0 radical (unpaired) electrons. The maximum atomic E-state index is 5.28. The van der Waals surface area contributed by atoms with Crippen molar-refractivity contribution in [3.63, 3.8) is 0 Å². The Hall–Kier alpha value is -0.900. The highest BCUT2D eigenvalue weighted by molar-refractivity contribution is 5.34. The molecule has 1 saturated carbocycles. The molecule has 3 nitrogen and oxygen atoms in total. The zero-order valence-corrected chi connectivity index (χ0v) is 9.74. The highest BCUT2D eigenvalue weighted by Crippen LogP contribution is 2.48. The van der Waals surface area contributed by atoms with Crippen molar-refractivity contribution in [2.24, 2.45) is 5.90 Å². The number of nitrogens with two attached hydrogens (primary N) is 1. The van der Waals surface area contributed by atoms with Gasteiger partial charge in [-0.25, -0.2) is 5.90 Å². The van der Waals surface area contributed by atoms with Gasteiger partial charge in [0.25, 0.3) is 0 Å². The molecule has 0 unspecified atom stereocenters. The van der Waals surface area contributed by atoms with Crippen LogP contribution in [-0.4, -0.2) is 20.3 Å². The summed E-state index contributed by atoms with van der Waals surface area (Å²) in [5.41, 5.74) is 2.96. The third-order valence-electron chi connectivity index (χ3n) is 3.35. The molecule has 0 amide bonds. The van der Waals surface area contributed by atoms with Crippen molar-refractivity contribution >= 4 is 0 Å². The molecule has 1 fully saturated rings. The summed E-state index contributed by atoms with van der Waals surface area (Å²) < 4.78 is 5.28. The highest BCUT2D eigenvalue weighted by Gasteiger charge is 2.44. The van der Waals surface area contributed by atoms with Gasteiger partial charge in [-0.15, -0.1) is 0 Å². The van der Waals surface area contributed by atoms with Gasteiger partial charge in [-0.3, -0.25) is 0 Å². The summed E-state index contributed by atoms with van der Waals surface area (Å²) in [4.78, 5) is 4.57. The molecule has 1 aromatic rings.